The van der Waals surface area contributed by atoms with Crippen LogP contribution in [-0.2, 0) is 6.67 Å². The molecule has 0 nitrogen and oxygen atoms in total. The van der Waals surface area contributed by atoms with E-state index < -0.39 is 6.67 Å². The zero-order chi connectivity index (χ0) is 10.2. The van der Waals surface area contributed by atoms with Gasteiger partial charge in [-0.05, 0) is 12.5 Å². The van der Waals surface area contributed by atoms with Gasteiger partial charge in [0.1, 0.15) is 6.67 Å². The fraction of sp³-hybridized carbons (Fsp3) is 0.250. The average Bonchev–Trinajstić information content (AvgIpc) is 2.13. The fourth-order valence-electron chi connectivity index (χ4n) is 0.904. The Labute approximate surface area is 95.5 Å². The lowest BCUT2D eigenvalue weighted by Gasteiger charge is -2.10. The monoisotopic (exact) mass is 260 g/mol. The van der Waals surface area contributed by atoms with E-state index in [0.717, 1.165) is 0 Å². The molecule has 0 N–H and O–H groups in total. The standard InChI is InChI=1S/C8H5Cl4F/c1-3-5(9)7(11)4(2-13)8(12)6(3)10/h2H2,1H3. The molecule has 0 radical (unpaired) electrons. The molecule has 5 heteroatoms. The Bertz CT molecular complexity index is 319. The zero-order valence-corrected chi connectivity index (χ0v) is 9.62. The van der Waals surface area contributed by atoms with Crippen molar-refractivity contribution in [1.82, 2.24) is 0 Å². The van der Waals surface area contributed by atoms with Crippen LogP contribution >= 0.6 is 46.4 Å². The number of benzene rings is 1. The summed E-state index contributed by atoms with van der Waals surface area (Å²) in [5.41, 5.74) is 0.708. The molecule has 72 valence electrons. The van der Waals surface area contributed by atoms with Gasteiger partial charge in [-0.3, -0.25) is 0 Å². The van der Waals surface area contributed by atoms with Crippen LogP contribution < -0.4 is 0 Å². The molecule has 0 heterocycles. The summed E-state index contributed by atoms with van der Waals surface area (Å²) in [5, 5.41) is 0.777. The molecule has 0 fully saturated rings. The van der Waals surface area contributed by atoms with Crippen LogP contribution in [0.2, 0.25) is 20.1 Å². The minimum Gasteiger partial charge on any atom is -0.246 e. The van der Waals surface area contributed by atoms with E-state index in [4.69, 9.17) is 46.4 Å². The van der Waals surface area contributed by atoms with Crippen molar-refractivity contribution < 1.29 is 4.39 Å². The summed E-state index contributed by atoms with van der Waals surface area (Å²) in [7, 11) is 0. The SMILES string of the molecule is Cc1c(Cl)c(Cl)c(CF)c(Cl)c1Cl. The summed E-state index contributed by atoms with van der Waals surface area (Å²) in [6, 6.07) is 0. The van der Waals surface area contributed by atoms with Gasteiger partial charge in [0.25, 0.3) is 0 Å². The Balaban J connectivity index is 3.56. The van der Waals surface area contributed by atoms with Crippen molar-refractivity contribution in [3.8, 4) is 0 Å². The highest BCUT2D eigenvalue weighted by molar-refractivity contribution is 6.48. The second kappa shape index (κ2) is 4.22. The second-order valence-electron chi connectivity index (χ2n) is 2.49. The maximum atomic E-state index is 12.5. The summed E-state index contributed by atoms with van der Waals surface area (Å²) in [4.78, 5) is 0. The van der Waals surface area contributed by atoms with Gasteiger partial charge in [0.05, 0.1) is 20.1 Å². The van der Waals surface area contributed by atoms with Crippen LogP contribution in [0.3, 0.4) is 0 Å². The molecular weight excluding hydrogens is 257 g/mol. The third kappa shape index (κ3) is 1.89. The molecule has 1 aromatic rings. The zero-order valence-electron chi connectivity index (χ0n) is 6.60. The van der Waals surface area contributed by atoms with Crippen LogP contribution in [0.15, 0.2) is 0 Å². The Kier molecular flexibility index (Phi) is 3.70. The molecule has 0 aliphatic heterocycles. The van der Waals surface area contributed by atoms with Gasteiger partial charge >= 0.3 is 0 Å². The summed E-state index contributed by atoms with van der Waals surface area (Å²) in [5.74, 6) is 0. The molecule has 1 rings (SSSR count). The number of halogens is 5. The smallest absolute Gasteiger partial charge is 0.117 e. The van der Waals surface area contributed by atoms with Gasteiger partial charge in [-0.15, -0.1) is 0 Å². The van der Waals surface area contributed by atoms with E-state index in [9.17, 15) is 4.39 Å². The Hall–Kier alpha value is 0.310. The lowest BCUT2D eigenvalue weighted by Crippen LogP contribution is -1.90. The molecule has 13 heavy (non-hydrogen) atoms. The van der Waals surface area contributed by atoms with Crippen LogP contribution in [0.25, 0.3) is 0 Å². The summed E-state index contributed by atoms with van der Waals surface area (Å²) >= 11 is 23.1. The molecule has 0 saturated heterocycles. The van der Waals surface area contributed by atoms with Gasteiger partial charge in [-0.25, -0.2) is 4.39 Å². The first kappa shape index (κ1) is 11.4. The van der Waals surface area contributed by atoms with Gasteiger partial charge in [0.2, 0.25) is 0 Å². The van der Waals surface area contributed by atoms with Crippen LogP contribution in [0, 0.1) is 6.92 Å². The highest BCUT2D eigenvalue weighted by Crippen LogP contribution is 2.40. The van der Waals surface area contributed by atoms with Crippen LogP contribution in [-0.4, -0.2) is 0 Å². The lowest BCUT2D eigenvalue weighted by atomic mass is 10.1. The van der Waals surface area contributed by atoms with Crippen LogP contribution in [0.5, 0.6) is 0 Å². The predicted molar refractivity (Wildman–Crippen MR) is 56.0 cm³/mol. The normalized spacial score (nSPS) is 10.6. The Morgan fingerprint density at radius 1 is 0.923 bits per heavy atom. The molecule has 0 aliphatic carbocycles. The number of alkyl halides is 1. The van der Waals surface area contributed by atoms with Crippen molar-refractivity contribution in [1.29, 1.82) is 0 Å². The summed E-state index contributed by atoms with van der Waals surface area (Å²) in [6.45, 7) is 0.891. The molecule has 0 aliphatic rings. The Morgan fingerprint density at radius 2 is 1.31 bits per heavy atom. The van der Waals surface area contributed by atoms with E-state index in [1.807, 2.05) is 0 Å². The Morgan fingerprint density at radius 3 is 1.62 bits per heavy atom. The fourth-order valence-corrected chi connectivity index (χ4v) is 1.99. The average molecular weight is 262 g/mol. The van der Waals surface area contributed by atoms with Crippen molar-refractivity contribution in [2.45, 2.75) is 13.6 Å². The highest BCUT2D eigenvalue weighted by atomic mass is 35.5. The molecule has 0 aromatic heterocycles. The van der Waals surface area contributed by atoms with Gasteiger partial charge in [-0.1, -0.05) is 46.4 Å². The third-order valence-corrected chi connectivity index (χ3v) is 3.68. The van der Waals surface area contributed by atoms with E-state index in [1.54, 1.807) is 6.92 Å². The van der Waals surface area contributed by atoms with Gasteiger partial charge < -0.3 is 0 Å². The van der Waals surface area contributed by atoms with Gasteiger partial charge in [0, 0.05) is 5.56 Å². The first-order chi connectivity index (χ1) is 6.00. The quantitative estimate of drug-likeness (QED) is 0.619. The van der Waals surface area contributed by atoms with Gasteiger partial charge in [0.15, 0.2) is 0 Å². The molecule has 0 atom stereocenters. The topological polar surface area (TPSA) is 0 Å². The molecule has 0 bridgehead atoms. The summed E-state index contributed by atoms with van der Waals surface area (Å²) in [6.07, 6.45) is 0. The largest absolute Gasteiger partial charge is 0.246 e. The molecule has 0 spiro atoms. The highest BCUT2D eigenvalue weighted by Gasteiger charge is 2.17. The lowest BCUT2D eigenvalue weighted by molar-refractivity contribution is 0.485. The van der Waals surface area contributed by atoms with E-state index in [0.29, 0.717) is 5.56 Å². The van der Waals surface area contributed by atoms with Gasteiger partial charge in [-0.2, -0.15) is 0 Å². The van der Waals surface area contributed by atoms with Crippen LogP contribution in [0.4, 0.5) is 4.39 Å². The van der Waals surface area contributed by atoms with E-state index in [2.05, 4.69) is 0 Å². The van der Waals surface area contributed by atoms with Crippen molar-refractivity contribution >= 4 is 46.4 Å². The minimum atomic E-state index is -0.780. The van der Waals surface area contributed by atoms with E-state index in [1.165, 1.54) is 0 Å². The molecule has 0 unspecified atom stereocenters. The third-order valence-electron chi connectivity index (χ3n) is 1.71. The number of rotatable bonds is 1. The maximum Gasteiger partial charge on any atom is 0.117 e. The molecule has 0 saturated carbocycles. The first-order valence-electron chi connectivity index (χ1n) is 3.38. The molecule has 1 aromatic carbocycles. The van der Waals surface area contributed by atoms with E-state index in [-0.39, 0.29) is 25.7 Å². The molecule has 0 amide bonds. The second-order valence-corrected chi connectivity index (χ2v) is 4.00. The van der Waals surface area contributed by atoms with Crippen LogP contribution in [0.1, 0.15) is 11.1 Å². The summed E-state index contributed by atoms with van der Waals surface area (Å²) < 4.78 is 12.5. The number of hydrogen-bond acceptors (Lipinski definition) is 0. The van der Waals surface area contributed by atoms with Crippen molar-refractivity contribution in [3.05, 3.63) is 31.2 Å². The maximum absolute atomic E-state index is 12.5. The number of hydrogen-bond donors (Lipinski definition) is 0. The van der Waals surface area contributed by atoms with Crippen molar-refractivity contribution in [2.24, 2.45) is 0 Å². The molecular formula is C8H5Cl4F. The van der Waals surface area contributed by atoms with E-state index >= 15 is 0 Å². The first-order valence-corrected chi connectivity index (χ1v) is 4.89. The minimum absolute atomic E-state index is 0.135. The van der Waals surface area contributed by atoms with Crippen molar-refractivity contribution in [3.63, 3.8) is 0 Å². The predicted octanol–water partition coefficient (Wildman–Crippen LogP) is 5.08. The van der Waals surface area contributed by atoms with Crippen molar-refractivity contribution in [2.75, 3.05) is 0 Å².